The number of alkyl halides is 2. The van der Waals surface area contributed by atoms with E-state index >= 15 is 0 Å². The number of carbonyl (C=O) groups is 2. The van der Waals surface area contributed by atoms with Gasteiger partial charge >= 0.3 is 5.92 Å². The van der Waals surface area contributed by atoms with Crippen molar-refractivity contribution in [3.05, 3.63) is 69.4 Å². The number of ketones is 1. The smallest absolute Gasteiger partial charge is 0.343 e. The van der Waals surface area contributed by atoms with Crippen molar-refractivity contribution in [3.8, 4) is 0 Å². The third-order valence-electron chi connectivity index (χ3n) is 3.21. The van der Waals surface area contributed by atoms with Crippen LogP contribution < -0.4 is 5.32 Å². The molecule has 0 aromatic heterocycles. The van der Waals surface area contributed by atoms with Gasteiger partial charge in [0.1, 0.15) is 23.0 Å². The molecule has 0 heterocycles. The molecule has 0 saturated heterocycles. The van der Waals surface area contributed by atoms with Gasteiger partial charge in [-0.2, -0.15) is 8.78 Å². The Labute approximate surface area is 147 Å². The Bertz CT molecular complexity index is 821. The minimum Gasteiger partial charge on any atom is -0.343 e. The standard InChI is InChI=1S/C16H9BrF5NO2/c17-9-5-4-8(6-12(9)20)13(24)7-23-15(25)16(21,22)14-10(18)2-1-3-11(14)19/h1-6H,7H2,(H,23,25). The van der Waals surface area contributed by atoms with E-state index in [9.17, 15) is 31.5 Å². The molecule has 132 valence electrons. The van der Waals surface area contributed by atoms with Gasteiger partial charge < -0.3 is 5.32 Å². The lowest BCUT2D eigenvalue weighted by Gasteiger charge is -2.17. The lowest BCUT2D eigenvalue weighted by atomic mass is 10.1. The van der Waals surface area contributed by atoms with Gasteiger partial charge in [-0.1, -0.05) is 12.1 Å². The van der Waals surface area contributed by atoms with Gasteiger partial charge in [0.25, 0.3) is 5.91 Å². The van der Waals surface area contributed by atoms with E-state index in [1.807, 2.05) is 0 Å². The Balaban J connectivity index is 2.13. The maximum atomic E-state index is 14.0. The van der Waals surface area contributed by atoms with Crippen LogP contribution in [-0.4, -0.2) is 18.2 Å². The fourth-order valence-corrected chi connectivity index (χ4v) is 2.20. The van der Waals surface area contributed by atoms with Crippen LogP contribution in [0.25, 0.3) is 0 Å². The van der Waals surface area contributed by atoms with Crippen molar-refractivity contribution < 1.29 is 31.5 Å². The summed E-state index contributed by atoms with van der Waals surface area (Å²) in [6, 6.07) is 5.33. The summed E-state index contributed by atoms with van der Waals surface area (Å²) in [5, 5.41) is 1.60. The topological polar surface area (TPSA) is 46.2 Å². The first kappa shape index (κ1) is 19.0. The summed E-state index contributed by atoms with van der Waals surface area (Å²) in [6.07, 6.45) is 0. The maximum Gasteiger partial charge on any atom is 0.355 e. The molecule has 0 spiro atoms. The maximum absolute atomic E-state index is 14.0. The number of hydrogen-bond acceptors (Lipinski definition) is 2. The molecular weight excluding hydrogens is 413 g/mol. The summed E-state index contributed by atoms with van der Waals surface area (Å²) in [7, 11) is 0. The number of hydrogen-bond donors (Lipinski definition) is 1. The summed E-state index contributed by atoms with van der Waals surface area (Å²) in [6.45, 7) is -0.897. The molecule has 2 aromatic carbocycles. The van der Waals surface area contributed by atoms with Crippen LogP contribution in [0, 0.1) is 17.5 Å². The first-order chi connectivity index (χ1) is 11.6. The predicted octanol–water partition coefficient (Wildman–Crippen LogP) is 3.96. The number of carbonyl (C=O) groups excluding carboxylic acids is 2. The van der Waals surface area contributed by atoms with Crippen LogP contribution in [0.4, 0.5) is 22.0 Å². The van der Waals surface area contributed by atoms with Gasteiger partial charge in [-0.25, -0.2) is 13.2 Å². The molecule has 3 nitrogen and oxygen atoms in total. The zero-order valence-corrected chi connectivity index (χ0v) is 13.8. The highest BCUT2D eigenvalue weighted by atomic mass is 79.9. The second kappa shape index (κ2) is 7.30. The van der Waals surface area contributed by atoms with E-state index in [1.54, 1.807) is 5.32 Å². The minimum atomic E-state index is -4.53. The van der Waals surface area contributed by atoms with E-state index in [2.05, 4.69) is 15.9 Å². The quantitative estimate of drug-likeness (QED) is 0.586. The van der Waals surface area contributed by atoms with Crippen LogP contribution in [0.2, 0.25) is 0 Å². The Morgan fingerprint density at radius 3 is 2.16 bits per heavy atom. The lowest BCUT2D eigenvalue weighted by molar-refractivity contribution is -0.147. The molecule has 0 aliphatic rings. The number of benzene rings is 2. The van der Waals surface area contributed by atoms with Crippen molar-refractivity contribution in [2.24, 2.45) is 0 Å². The minimum absolute atomic E-state index is 0.0923. The molecule has 9 heteroatoms. The van der Waals surface area contributed by atoms with Gasteiger partial charge in [0.15, 0.2) is 5.78 Å². The molecule has 0 saturated carbocycles. The van der Waals surface area contributed by atoms with Crippen molar-refractivity contribution in [2.75, 3.05) is 6.54 Å². The van der Waals surface area contributed by atoms with Crippen molar-refractivity contribution >= 4 is 27.6 Å². The van der Waals surface area contributed by atoms with Crippen LogP contribution in [-0.2, 0) is 10.7 Å². The number of rotatable bonds is 5. The van der Waals surface area contributed by atoms with E-state index in [0.29, 0.717) is 12.1 Å². The molecule has 1 amide bonds. The Morgan fingerprint density at radius 2 is 1.60 bits per heavy atom. The Morgan fingerprint density at radius 1 is 1.00 bits per heavy atom. The summed E-state index contributed by atoms with van der Waals surface area (Å²) < 4.78 is 68.3. The molecular formula is C16H9BrF5NO2. The second-order valence-electron chi connectivity index (χ2n) is 4.91. The third kappa shape index (κ3) is 4.04. The van der Waals surface area contributed by atoms with E-state index in [1.165, 1.54) is 12.1 Å². The summed E-state index contributed by atoms with van der Waals surface area (Å²) in [5.74, 6) is -11.4. The van der Waals surface area contributed by atoms with E-state index in [-0.39, 0.29) is 10.0 Å². The average Bonchev–Trinajstić information content (AvgIpc) is 2.54. The lowest BCUT2D eigenvalue weighted by Crippen LogP contribution is -2.41. The van der Waals surface area contributed by atoms with Gasteiger partial charge in [-0.15, -0.1) is 0 Å². The van der Waals surface area contributed by atoms with Gasteiger partial charge in [0.2, 0.25) is 0 Å². The summed E-state index contributed by atoms with van der Waals surface area (Å²) >= 11 is 2.88. The number of amides is 1. The second-order valence-corrected chi connectivity index (χ2v) is 5.76. The molecule has 0 aliphatic heterocycles. The summed E-state index contributed by atoms with van der Waals surface area (Å²) in [5.41, 5.74) is -1.88. The fraction of sp³-hybridized carbons (Fsp3) is 0.125. The summed E-state index contributed by atoms with van der Waals surface area (Å²) in [4.78, 5) is 23.4. The number of Topliss-reactive ketones (excluding diaryl/α,β-unsaturated/α-hetero) is 1. The third-order valence-corrected chi connectivity index (χ3v) is 3.86. The van der Waals surface area contributed by atoms with E-state index < -0.39 is 47.2 Å². The Kier molecular flexibility index (Phi) is 5.56. The largest absolute Gasteiger partial charge is 0.355 e. The monoisotopic (exact) mass is 421 g/mol. The molecule has 0 unspecified atom stereocenters. The zero-order valence-electron chi connectivity index (χ0n) is 12.3. The van der Waals surface area contributed by atoms with Gasteiger partial charge in [0.05, 0.1) is 11.0 Å². The molecule has 2 rings (SSSR count). The predicted molar refractivity (Wildman–Crippen MR) is 81.7 cm³/mol. The Hall–Kier alpha value is -2.29. The van der Waals surface area contributed by atoms with Crippen LogP contribution in [0.3, 0.4) is 0 Å². The van der Waals surface area contributed by atoms with Crippen molar-refractivity contribution in [3.63, 3.8) is 0 Å². The first-order valence-corrected chi connectivity index (χ1v) is 7.52. The molecule has 0 radical (unpaired) electrons. The van der Waals surface area contributed by atoms with Crippen LogP contribution in [0.15, 0.2) is 40.9 Å². The highest BCUT2D eigenvalue weighted by Gasteiger charge is 2.45. The van der Waals surface area contributed by atoms with Crippen LogP contribution >= 0.6 is 15.9 Å². The van der Waals surface area contributed by atoms with E-state index in [0.717, 1.165) is 12.1 Å². The molecule has 0 bridgehead atoms. The van der Waals surface area contributed by atoms with Crippen LogP contribution in [0.1, 0.15) is 15.9 Å². The zero-order chi connectivity index (χ0) is 18.8. The first-order valence-electron chi connectivity index (χ1n) is 6.73. The van der Waals surface area contributed by atoms with Crippen molar-refractivity contribution in [1.82, 2.24) is 5.32 Å². The number of halogens is 6. The van der Waals surface area contributed by atoms with Crippen LogP contribution in [0.5, 0.6) is 0 Å². The molecule has 0 atom stereocenters. The highest BCUT2D eigenvalue weighted by molar-refractivity contribution is 9.10. The average molecular weight is 422 g/mol. The van der Waals surface area contributed by atoms with E-state index in [4.69, 9.17) is 0 Å². The molecule has 25 heavy (non-hydrogen) atoms. The highest BCUT2D eigenvalue weighted by Crippen LogP contribution is 2.32. The van der Waals surface area contributed by atoms with Crippen molar-refractivity contribution in [1.29, 1.82) is 0 Å². The molecule has 0 fully saturated rings. The molecule has 1 N–H and O–H groups in total. The van der Waals surface area contributed by atoms with Gasteiger partial charge in [0, 0.05) is 5.56 Å². The van der Waals surface area contributed by atoms with Gasteiger partial charge in [-0.05, 0) is 40.2 Å². The SMILES string of the molecule is O=C(CNC(=O)C(F)(F)c1c(F)cccc1F)c1ccc(Br)c(F)c1. The van der Waals surface area contributed by atoms with Crippen molar-refractivity contribution in [2.45, 2.75) is 5.92 Å². The number of nitrogens with one attached hydrogen (secondary N) is 1. The normalized spacial score (nSPS) is 11.3. The molecule has 0 aliphatic carbocycles. The van der Waals surface area contributed by atoms with Gasteiger partial charge in [-0.3, -0.25) is 9.59 Å². The fourth-order valence-electron chi connectivity index (χ4n) is 1.95. The molecule has 2 aromatic rings.